The second kappa shape index (κ2) is 7.73. The fourth-order valence-corrected chi connectivity index (χ4v) is 3.23. The highest BCUT2D eigenvalue weighted by Gasteiger charge is 2.23. The molecule has 1 atom stereocenters. The van der Waals surface area contributed by atoms with Gasteiger partial charge in [0.15, 0.2) is 0 Å². The average molecular weight is 370 g/mol. The number of benzene rings is 2. The summed E-state index contributed by atoms with van der Waals surface area (Å²) >= 11 is 3.60. The van der Waals surface area contributed by atoms with Crippen molar-refractivity contribution in [1.29, 1.82) is 0 Å². The molecule has 0 fully saturated rings. The van der Waals surface area contributed by atoms with Gasteiger partial charge in [-0.05, 0) is 22.8 Å². The lowest BCUT2D eigenvalue weighted by atomic mass is 10.1. The molecule has 23 heavy (non-hydrogen) atoms. The van der Waals surface area contributed by atoms with Gasteiger partial charge in [0.05, 0.1) is 12.6 Å². The van der Waals surface area contributed by atoms with Crippen LogP contribution >= 0.6 is 15.9 Å². The molecular formula is C20H20BrNO. The molecule has 2 aromatic carbocycles. The fraction of sp³-hybridized carbons (Fsp3) is 0.200. The van der Waals surface area contributed by atoms with Crippen molar-refractivity contribution in [2.45, 2.75) is 12.6 Å². The van der Waals surface area contributed by atoms with Gasteiger partial charge in [0.25, 0.3) is 0 Å². The van der Waals surface area contributed by atoms with E-state index in [9.17, 15) is 5.11 Å². The third kappa shape index (κ3) is 4.20. The van der Waals surface area contributed by atoms with Crippen molar-refractivity contribution in [2.75, 3.05) is 13.2 Å². The summed E-state index contributed by atoms with van der Waals surface area (Å²) < 4.78 is 1.12. The van der Waals surface area contributed by atoms with Crippen molar-refractivity contribution in [3.05, 3.63) is 87.9 Å². The van der Waals surface area contributed by atoms with Gasteiger partial charge in [-0.15, -0.1) is 0 Å². The first-order valence-corrected chi connectivity index (χ1v) is 8.57. The molecule has 1 N–H and O–H groups in total. The van der Waals surface area contributed by atoms with Gasteiger partial charge in [-0.25, -0.2) is 0 Å². The van der Waals surface area contributed by atoms with E-state index in [2.05, 4.69) is 63.3 Å². The summed E-state index contributed by atoms with van der Waals surface area (Å²) in [5.41, 5.74) is 3.69. The normalized spacial score (nSPS) is 18.5. The van der Waals surface area contributed by atoms with Gasteiger partial charge < -0.3 is 5.11 Å². The Balaban J connectivity index is 1.69. The summed E-state index contributed by atoms with van der Waals surface area (Å²) in [6, 6.07) is 18.6. The summed E-state index contributed by atoms with van der Waals surface area (Å²) in [5.74, 6) is 0. The smallest absolute Gasteiger partial charge is 0.0623 e. The molecule has 0 saturated carbocycles. The quantitative estimate of drug-likeness (QED) is 0.850. The van der Waals surface area contributed by atoms with E-state index < -0.39 is 0 Å². The molecule has 1 aliphatic rings. The van der Waals surface area contributed by atoms with Gasteiger partial charge >= 0.3 is 0 Å². The Morgan fingerprint density at radius 3 is 2.52 bits per heavy atom. The number of hydrogen-bond donors (Lipinski definition) is 1. The predicted molar refractivity (Wildman–Crippen MR) is 99.0 cm³/mol. The zero-order valence-corrected chi connectivity index (χ0v) is 14.5. The molecule has 118 valence electrons. The first-order chi connectivity index (χ1) is 11.3. The molecule has 0 saturated heterocycles. The number of rotatable bonds is 5. The zero-order valence-electron chi connectivity index (χ0n) is 12.9. The van der Waals surface area contributed by atoms with E-state index in [0.29, 0.717) is 0 Å². The SMILES string of the molecule is OCC1C=C(/C=C/c2ccccc2)CN1Cc1ccccc1Br. The van der Waals surface area contributed by atoms with Crippen LogP contribution in [0.3, 0.4) is 0 Å². The first kappa shape index (κ1) is 16.2. The molecule has 0 bridgehead atoms. The van der Waals surface area contributed by atoms with Crippen LogP contribution in [0.15, 0.2) is 76.8 Å². The predicted octanol–water partition coefficient (Wildman–Crippen LogP) is 4.27. The third-order valence-corrected chi connectivity index (χ3v) is 4.84. The number of aliphatic hydroxyl groups is 1. The molecule has 0 aliphatic carbocycles. The Morgan fingerprint density at radius 2 is 1.78 bits per heavy atom. The van der Waals surface area contributed by atoms with Gasteiger partial charge in [0.2, 0.25) is 0 Å². The summed E-state index contributed by atoms with van der Waals surface area (Å²) in [4.78, 5) is 2.30. The monoisotopic (exact) mass is 369 g/mol. The van der Waals surface area contributed by atoms with Crippen molar-refractivity contribution in [3.8, 4) is 0 Å². The van der Waals surface area contributed by atoms with Crippen molar-refractivity contribution in [2.24, 2.45) is 0 Å². The Hall–Kier alpha value is -1.68. The summed E-state index contributed by atoms with van der Waals surface area (Å²) in [6.07, 6.45) is 6.44. The van der Waals surface area contributed by atoms with E-state index in [1.807, 2.05) is 30.3 Å². The Labute approximate surface area is 145 Å². The lowest BCUT2D eigenvalue weighted by Gasteiger charge is -2.23. The minimum atomic E-state index is 0.0810. The molecule has 1 aliphatic heterocycles. The molecule has 3 rings (SSSR count). The summed E-state index contributed by atoms with van der Waals surface area (Å²) in [5, 5.41) is 9.66. The number of hydrogen-bond acceptors (Lipinski definition) is 2. The van der Waals surface area contributed by atoms with E-state index in [1.54, 1.807) is 0 Å². The highest BCUT2D eigenvalue weighted by Crippen LogP contribution is 2.24. The number of nitrogens with zero attached hydrogens (tertiary/aromatic N) is 1. The number of halogens is 1. The largest absolute Gasteiger partial charge is 0.394 e. The lowest BCUT2D eigenvalue weighted by molar-refractivity contribution is 0.169. The van der Waals surface area contributed by atoms with Crippen LogP contribution in [-0.2, 0) is 6.54 Å². The molecular weight excluding hydrogens is 350 g/mol. The zero-order chi connectivity index (χ0) is 16.1. The highest BCUT2D eigenvalue weighted by molar-refractivity contribution is 9.10. The molecule has 0 aromatic heterocycles. The minimum Gasteiger partial charge on any atom is -0.394 e. The maximum Gasteiger partial charge on any atom is 0.0623 e. The highest BCUT2D eigenvalue weighted by atomic mass is 79.9. The fourth-order valence-electron chi connectivity index (χ4n) is 2.82. The van der Waals surface area contributed by atoms with E-state index in [1.165, 1.54) is 16.7 Å². The Kier molecular flexibility index (Phi) is 5.44. The molecule has 1 heterocycles. The molecule has 1 unspecified atom stereocenters. The summed E-state index contributed by atoms with van der Waals surface area (Å²) in [6.45, 7) is 1.83. The molecule has 3 heteroatoms. The van der Waals surface area contributed by atoms with Crippen LogP contribution in [-0.4, -0.2) is 29.2 Å². The van der Waals surface area contributed by atoms with Crippen molar-refractivity contribution < 1.29 is 5.11 Å². The van der Waals surface area contributed by atoms with E-state index in [0.717, 1.165) is 17.6 Å². The van der Waals surface area contributed by atoms with Crippen LogP contribution in [0.5, 0.6) is 0 Å². The maximum atomic E-state index is 9.66. The van der Waals surface area contributed by atoms with Crippen LogP contribution in [0.25, 0.3) is 6.08 Å². The molecule has 2 aromatic rings. The topological polar surface area (TPSA) is 23.5 Å². The van der Waals surface area contributed by atoms with Crippen molar-refractivity contribution >= 4 is 22.0 Å². The number of aliphatic hydroxyl groups excluding tert-OH is 1. The van der Waals surface area contributed by atoms with Crippen LogP contribution in [0.1, 0.15) is 11.1 Å². The average Bonchev–Trinajstić information content (AvgIpc) is 2.98. The first-order valence-electron chi connectivity index (χ1n) is 7.78. The van der Waals surface area contributed by atoms with Crippen molar-refractivity contribution in [1.82, 2.24) is 4.90 Å². The van der Waals surface area contributed by atoms with Gasteiger partial charge in [-0.1, -0.05) is 82.7 Å². The lowest BCUT2D eigenvalue weighted by Crippen LogP contribution is -2.32. The van der Waals surface area contributed by atoms with E-state index in [4.69, 9.17) is 0 Å². The van der Waals surface area contributed by atoms with E-state index >= 15 is 0 Å². The maximum absolute atomic E-state index is 9.66. The van der Waals surface area contributed by atoms with Gasteiger partial charge in [-0.3, -0.25) is 4.90 Å². The van der Waals surface area contributed by atoms with Crippen LogP contribution < -0.4 is 0 Å². The minimum absolute atomic E-state index is 0.0810. The molecule has 0 spiro atoms. The van der Waals surface area contributed by atoms with Crippen molar-refractivity contribution in [3.63, 3.8) is 0 Å². The van der Waals surface area contributed by atoms with Gasteiger partial charge in [-0.2, -0.15) is 0 Å². The third-order valence-electron chi connectivity index (χ3n) is 4.07. The molecule has 2 nitrogen and oxygen atoms in total. The summed E-state index contributed by atoms with van der Waals surface area (Å²) in [7, 11) is 0. The van der Waals surface area contributed by atoms with Crippen LogP contribution in [0, 0.1) is 0 Å². The van der Waals surface area contributed by atoms with E-state index in [-0.39, 0.29) is 12.6 Å². The standard InChI is InChI=1S/C20H20BrNO/c21-20-9-5-4-8-18(20)14-22-13-17(12-19(22)15-23)11-10-16-6-2-1-3-7-16/h1-12,19,23H,13-15H2/b11-10+. The Bertz CT molecular complexity index is 709. The molecule has 0 radical (unpaired) electrons. The molecule has 0 amide bonds. The van der Waals surface area contributed by atoms with Gasteiger partial charge in [0, 0.05) is 17.6 Å². The second-order valence-electron chi connectivity index (χ2n) is 5.73. The second-order valence-corrected chi connectivity index (χ2v) is 6.59. The Morgan fingerprint density at radius 1 is 1.04 bits per heavy atom. The van der Waals surface area contributed by atoms with Crippen LogP contribution in [0.4, 0.5) is 0 Å². The van der Waals surface area contributed by atoms with Crippen LogP contribution in [0.2, 0.25) is 0 Å². The van der Waals surface area contributed by atoms with Gasteiger partial charge in [0.1, 0.15) is 0 Å².